The molecular formula is C14H21BF3O-. The summed E-state index contributed by atoms with van der Waals surface area (Å²) in [4.78, 5) is 0. The first kappa shape index (κ1) is 15.9. The van der Waals surface area contributed by atoms with E-state index >= 15 is 0 Å². The van der Waals surface area contributed by atoms with Gasteiger partial charge in [-0.3, -0.25) is 0 Å². The highest BCUT2D eigenvalue weighted by molar-refractivity contribution is 6.56. The van der Waals surface area contributed by atoms with E-state index < -0.39 is 19.0 Å². The van der Waals surface area contributed by atoms with Gasteiger partial charge >= 0.3 is 6.18 Å². The van der Waals surface area contributed by atoms with Gasteiger partial charge in [-0.15, -0.1) is 0 Å². The maximum absolute atomic E-state index is 12.7. The van der Waals surface area contributed by atoms with Crippen LogP contribution in [0.4, 0.5) is 13.2 Å². The van der Waals surface area contributed by atoms with E-state index in [1.807, 2.05) is 0 Å². The predicted molar refractivity (Wildman–Crippen MR) is 75.1 cm³/mol. The van der Waals surface area contributed by atoms with Gasteiger partial charge in [-0.25, -0.2) is 0 Å². The maximum atomic E-state index is 12.7. The molecule has 0 aliphatic rings. The smallest absolute Gasteiger partial charge is 0.416 e. The zero-order chi connectivity index (χ0) is 14.5. The molecule has 0 atom stereocenters. The minimum atomic E-state index is -4.31. The Balaban J connectivity index is 3.04. The monoisotopic (exact) mass is 273 g/mol. The number of ether oxygens (including phenoxy) is 1. The van der Waals surface area contributed by atoms with E-state index in [0.717, 1.165) is 24.4 Å². The topological polar surface area (TPSA) is 9.23 Å². The van der Waals surface area contributed by atoms with E-state index in [1.165, 1.54) is 6.07 Å². The molecule has 1 rings (SSSR count). The zero-order valence-corrected chi connectivity index (χ0v) is 12.0. The fourth-order valence-corrected chi connectivity index (χ4v) is 2.46. The van der Waals surface area contributed by atoms with Crippen molar-refractivity contribution in [2.45, 2.75) is 45.6 Å². The lowest BCUT2D eigenvalue weighted by molar-refractivity contribution is -0.137. The quantitative estimate of drug-likeness (QED) is 0.721. The fourth-order valence-electron chi connectivity index (χ4n) is 2.46. The fraction of sp³-hybridized carbons (Fsp3) is 0.571. The highest BCUT2D eigenvalue weighted by Gasteiger charge is 2.30. The van der Waals surface area contributed by atoms with Gasteiger partial charge < -0.3 is 4.74 Å². The van der Waals surface area contributed by atoms with E-state index in [-0.39, 0.29) is 0 Å². The first-order chi connectivity index (χ1) is 8.92. The van der Waals surface area contributed by atoms with E-state index in [1.54, 1.807) is 13.0 Å². The van der Waals surface area contributed by atoms with Crippen molar-refractivity contribution in [2.75, 3.05) is 6.61 Å². The van der Waals surface area contributed by atoms with Gasteiger partial charge in [0.15, 0.2) is 0 Å². The number of hydrogen-bond donors (Lipinski definition) is 0. The number of alkyl halides is 3. The summed E-state index contributed by atoms with van der Waals surface area (Å²) in [6.07, 6.45) is -2.16. The minimum absolute atomic E-state index is 0.392. The number of halogens is 3. The number of hydrogen-bond acceptors (Lipinski definition) is 1. The molecule has 1 aromatic rings. The van der Waals surface area contributed by atoms with E-state index in [4.69, 9.17) is 4.74 Å². The van der Waals surface area contributed by atoms with E-state index in [9.17, 15) is 13.2 Å². The van der Waals surface area contributed by atoms with Crippen molar-refractivity contribution in [1.29, 1.82) is 0 Å². The Kier molecular flexibility index (Phi) is 5.76. The van der Waals surface area contributed by atoms with Gasteiger partial charge in [0.2, 0.25) is 0 Å². The summed E-state index contributed by atoms with van der Waals surface area (Å²) in [6, 6.07) is 3.92. The third-order valence-electron chi connectivity index (χ3n) is 3.93. The van der Waals surface area contributed by atoms with Gasteiger partial charge in [0, 0.05) is 7.28 Å². The lowest BCUT2D eigenvalue weighted by atomic mass is 9.57. The van der Waals surface area contributed by atoms with Gasteiger partial charge in [0.1, 0.15) is 0 Å². The summed E-state index contributed by atoms with van der Waals surface area (Å²) < 4.78 is 43.5. The average Bonchev–Trinajstić information content (AvgIpc) is 2.36. The van der Waals surface area contributed by atoms with E-state index in [0.29, 0.717) is 18.2 Å². The largest absolute Gasteiger partial charge is 0.497 e. The summed E-state index contributed by atoms with van der Waals surface area (Å²) in [5.74, 6) is 1.03. The van der Waals surface area contributed by atoms with Crippen LogP contribution in [0.5, 0.6) is 5.75 Å². The molecule has 0 aliphatic heterocycles. The molecule has 0 radical (unpaired) electrons. The molecule has 1 aromatic carbocycles. The van der Waals surface area contributed by atoms with Crippen molar-refractivity contribution in [3.05, 3.63) is 23.8 Å². The van der Waals surface area contributed by atoms with Crippen LogP contribution >= 0.6 is 0 Å². The summed E-state index contributed by atoms with van der Waals surface area (Å²) >= 11 is 0. The van der Waals surface area contributed by atoms with Crippen molar-refractivity contribution in [3.8, 4) is 5.75 Å². The third kappa shape index (κ3) is 4.48. The van der Waals surface area contributed by atoms with Crippen LogP contribution in [0.1, 0.15) is 39.2 Å². The van der Waals surface area contributed by atoms with Crippen molar-refractivity contribution >= 4 is 12.7 Å². The third-order valence-corrected chi connectivity index (χ3v) is 3.93. The van der Waals surface area contributed by atoms with E-state index in [2.05, 4.69) is 13.8 Å². The molecule has 1 nitrogen and oxygen atoms in total. The van der Waals surface area contributed by atoms with Crippen LogP contribution in [-0.4, -0.2) is 13.9 Å². The number of benzene rings is 1. The molecule has 0 saturated carbocycles. The molecule has 0 spiro atoms. The molecule has 0 bridgehead atoms. The van der Waals surface area contributed by atoms with Crippen LogP contribution in [0.25, 0.3) is 0 Å². The minimum Gasteiger partial charge on any atom is -0.497 e. The summed E-state index contributed by atoms with van der Waals surface area (Å²) in [7, 11) is -0.463. The Morgan fingerprint density at radius 3 is 2.26 bits per heavy atom. The average molecular weight is 273 g/mol. The molecule has 108 valence electrons. The highest BCUT2D eigenvalue weighted by Crippen LogP contribution is 2.31. The molecule has 0 unspecified atom stereocenters. The molecule has 0 aromatic heterocycles. The van der Waals surface area contributed by atoms with Gasteiger partial charge in [0.05, 0.1) is 17.9 Å². The molecular weight excluding hydrogens is 252 g/mol. The first-order valence-corrected chi connectivity index (χ1v) is 7.06. The second-order valence-corrected chi connectivity index (χ2v) is 5.12. The van der Waals surface area contributed by atoms with Gasteiger partial charge in [-0.1, -0.05) is 38.8 Å². The van der Waals surface area contributed by atoms with Crippen LogP contribution in [0, 0.1) is 0 Å². The standard InChI is InChI=1S/C14H21BF3O/c1-4-11(5-2)15-12-8-7-10(14(16,17)18)9-13(12)19-6-3/h7-9,11H,4-6,15H2,1-3H3/q-1. The van der Waals surface area contributed by atoms with Crippen LogP contribution in [0.3, 0.4) is 0 Å². The Hall–Kier alpha value is -1.13. The summed E-state index contributed by atoms with van der Waals surface area (Å²) in [6.45, 7) is 6.44. The summed E-state index contributed by atoms with van der Waals surface area (Å²) in [5, 5.41) is 0. The predicted octanol–water partition coefficient (Wildman–Crippen LogP) is 3.51. The second kappa shape index (κ2) is 6.87. The first-order valence-electron chi connectivity index (χ1n) is 7.06. The number of rotatable bonds is 6. The van der Waals surface area contributed by atoms with Gasteiger partial charge in [0.25, 0.3) is 0 Å². The van der Waals surface area contributed by atoms with Crippen LogP contribution in [0.15, 0.2) is 18.2 Å². The second-order valence-electron chi connectivity index (χ2n) is 5.12. The molecule has 0 aliphatic carbocycles. The van der Waals surface area contributed by atoms with Gasteiger partial charge in [-0.2, -0.15) is 24.5 Å². The maximum Gasteiger partial charge on any atom is 0.416 e. The van der Waals surface area contributed by atoms with Crippen LogP contribution in [0.2, 0.25) is 5.82 Å². The zero-order valence-electron chi connectivity index (χ0n) is 12.0. The Morgan fingerprint density at radius 2 is 1.79 bits per heavy atom. The Labute approximate surface area is 113 Å². The molecule has 0 fully saturated rings. The van der Waals surface area contributed by atoms with Crippen molar-refractivity contribution in [2.24, 2.45) is 0 Å². The van der Waals surface area contributed by atoms with Crippen LogP contribution < -0.4 is 10.2 Å². The molecule has 5 heteroatoms. The Morgan fingerprint density at radius 1 is 1.16 bits per heavy atom. The SMILES string of the molecule is CCOc1cc(C(F)(F)F)ccc1[BH2-]C(CC)CC. The highest BCUT2D eigenvalue weighted by atomic mass is 19.4. The molecule has 0 heterocycles. The molecule has 19 heavy (non-hydrogen) atoms. The summed E-state index contributed by atoms with van der Waals surface area (Å²) in [5.41, 5.74) is 0.361. The van der Waals surface area contributed by atoms with Gasteiger partial charge in [-0.05, 0) is 13.0 Å². The Bertz CT molecular complexity index is 400. The van der Waals surface area contributed by atoms with Crippen molar-refractivity contribution < 1.29 is 17.9 Å². The normalized spacial score (nSPS) is 11.9. The molecule has 0 amide bonds. The van der Waals surface area contributed by atoms with Crippen LogP contribution in [-0.2, 0) is 6.18 Å². The van der Waals surface area contributed by atoms with Crippen molar-refractivity contribution in [3.63, 3.8) is 0 Å². The lowest BCUT2D eigenvalue weighted by Crippen LogP contribution is -2.23. The van der Waals surface area contributed by atoms with Crippen molar-refractivity contribution in [1.82, 2.24) is 0 Å². The molecule has 0 saturated heterocycles. The molecule has 0 N–H and O–H groups in total. The lowest BCUT2D eigenvalue weighted by Gasteiger charge is -2.22.